The van der Waals surface area contributed by atoms with Crippen molar-refractivity contribution in [3.05, 3.63) is 33.5 Å². The van der Waals surface area contributed by atoms with Crippen molar-refractivity contribution in [1.82, 2.24) is 5.32 Å². The molecule has 1 unspecified atom stereocenters. The molecule has 16 heavy (non-hydrogen) atoms. The third-order valence-corrected chi connectivity index (χ3v) is 4.28. The van der Waals surface area contributed by atoms with E-state index in [1.165, 1.54) is 24.1 Å². The van der Waals surface area contributed by atoms with Crippen molar-refractivity contribution in [1.29, 1.82) is 0 Å². The van der Waals surface area contributed by atoms with Gasteiger partial charge in [0.25, 0.3) is 0 Å². The summed E-state index contributed by atoms with van der Waals surface area (Å²) < 4.78 is 0.896. The van der Waals surface area contributed by atoms with Gasteiger partial charge in [0, 0.05) is 4.88 Å². The molecule has 1 aromatic heterocycles. The normalized spacial score (nSPS) is 20.2. The van der Waals surface area contributed by atoms with Crippen LogP contribution in [0.4, 0.5) is 0 Å². The van der Waals surface area contributed by atoms with Crippen molar-refractivity contribution < 1.29 is 0 Å². The van der Waals surface area contributed by atoms with Crippen LogP contribution in [-0.4, -0.2) is 13.1 Å². The average Bonchev–Trinajstić information content (AvgIpc) is 2.72. The van der Waals surface area contributed by atoms with Crippen molar-refractivity contribution in [2.75, 3.05) is 13.1 Å². The zero-order valence-electron chi connectivity index (χ0n) is 9.42. The first-order valence-corrected chi connectivity index (χ1v) is 7.14. The summed E-state index contributed by atoms with van der Waals surface area (Å²) in [5.41, 5.74) is 0. The molecular formula is C13H18ClNS. The van der Waals surface area contributed by atoms with Crippen LogP contribution in [0.5, 0.6) is 0 Å². The molecule has 1 N–H and O–H groups in total. The lowest BCUT2D eigenvalue weighted by atomic mass is 9.94. The lowest BCUT2D eigenvalue weighted by Crippen LogP contribution is -2.25. The van der Waals surface area contributed by atoms with Gasteiger partial charge >= 0.3 is 0 Å². The molecule has 1 aromatic rings. The summed E-state index contributed by atoms with van der Waals surface area (Å²) in [5.74, 6) is 0.844. The molecule has 1 nitrogen and oxygen atoms in total. The number of rotatable bonds is 5. The molecular weight excluding hydrogens is 238 g/mol. The molecule has 0 aromatic carbocycles. The second-order valence-corrected chi connectivity index (χ2v) is 6.11. The number of hydrogen-bond acceptors (Lipinski definition) is 2. The van der Waals surface area contributed by atoms with Gasteiger partial charge in [-0.3, -0.25) is 0 Å². The molecule has 2 rings (SSSR count). The van der Waals surface area contributed by atoms with Crippen molar-refractivity contribution >= 4 is 22.9 Å². The smallest absolute Gasteiger partial charge is 0.0931 e. The summed E-state index contributed by atoms with van der Waals surface area (Å²) in [6, 6.07) is 4.10. The molecule has 0 saturated carbocycles. The van der Waals surface area contributed by atoms with Gasteiger partial charge in [-0.1, -0.05) is 23.8 Å². The Balaban J connectivity index is 1.59. The molecule has 3 heteroatoms. The van der Waals surface area contributed by atoms with Gasteiger partial charge in [-0.05, 0) is 56.8 Å². The highest BCUT2D eigenvalue weighted by Gasteiger charge is 2.08. The van der Waals surface area contributed by atoms with Crippen LogP contribution < -0.4 is 5.32 Å². The molecule has 0 amide bonds. The Kier molecular flexibility index (Phi) is 4.89. The van der Waals surface area contributed by atoms with Gasteiger partial charge in [0.1, 0.15) is 0 Å². The first kappa shape index (κ1) is 12.2. The maximum Gasteiger partial charge on any atom is 0.0931 e. The Labute approximate surface area is 107 Å². The minimum Gasteiger partial charge on any atom is -0.316 e. The summed E-state index contributed by atoms with van der Waals surface area (Å²) in [7, 11) is 0. The fourth-order valence-electron chi connectivity index (χ4n) is 2.05. The molecule has 1 aliphatic carbocycles. The van der Waals surface area contributed by atoms with Crippen molar-refractivity contribution in [3.8, 4) is 0 Å². The van der Waals surface area contributed by atoms with Gasteiger partial charge in [-0.15, -0.1) is 11.3 Å². The van der Waals surface area contributed by atoms with Crippen molar-refractivity contribution in [2.45, 2.75) is 25.7 Å². The van der Waals surface area contributed by atoms with Crippen molar-refractivity contribution in [3.63, 3.8) is 0 Å². The molecule has 1 heterocycles. The fraction of sp³-hybridized carbons (Fsp3) is 0.538. The third kappa shape index (κ3) is 3.93. The Bertz CT molecular complexity index is 345. The molecule has 1 atom stereocenters. The predicted octanol–water partition coefficient (Wildman–Crippen LogP) is 3.89. The topological polar surface area (TPSA) is 12.0 Å². The Morgan fingerprint density at radius 1 is 1.38 bits per heavy atom. The van der Waals surface area contributed by atoms with E-state index in [1.807, 2.05) is 6.07 Å². The van der Waals surface area contributed by atoms with Crippen LogP contribution in [0.3, 0.4) is 0 Å². The average molecular weight is 256 g/mol. The minimum absolute atomic E-state index is 0.844. The molecule has 1 aliphatic rings. The maximum atomic E-state index is 5.89. The van der Waals surface area contributed by atoms with E-state index < -0.39 is 0 Å². The second-order valence-electron chi connectivity index (χ2n) is 4.31. The molecule has 0 aliphatic heterocycles. The third-order valence-electron chi connectivity index (χ3n) is 2.99. The van der Waals surface area contributed by atoms with Gasteiger partial charge in [-0.25, -0.2) is 0 Å². The number of nitrogens with one attached hydrogen (secondary N) is 1. The molecule has 0 radical (unpaired) electrons. The second kappa shape index (κ2) is 6.43. The summed E-state index contributed by atoms with van der Waals surface area (Å²) in [4.78, 5) is 1.38. The highest BCUT2D eigenvalue weighted by molar-refractivity contribution is 7.16. The van der Waals surface area contributed by atoms with E-state index in [2.05, 4.69) is 23.5 Å². The van der Waals surface area contributed by atoms with Crippen LogP contribution >= 0.6 is 22.9 Å². The largest absolute Gasteiger partial charge is 0.316 e. The lowest BCUT2D eigenvalue weighted by Gasteiger charge is -2.17. The first-order chi connectivity index (χ1) is 7.84. The predicted molar refractivity (Wildman–Crippen MR) is 72.4 cm³/mol. The molecule has 0 saturated heterocycles. The van der Waals surface area contributed by atoms with Crippen molar-refractivity contribution in [2.24, 2.45) is 5.92 Å². The van der Waals surface area contributed by atoms with Crippen LogP contribution in [-0.2, 0) is 6.42 Å². The first-order valence-electron chi connectivity index (χ1n) is 5.94. The molecule has 88 valence electrons. The van der Waals surface area contributed by atoms with Crippen LogP contribution in [0, 0.1) is 5.92 Å². The van der Waals surface area contributed by atoms with Crippen LogP contribution in [0.25, 0.3) is 0 Å². The van der Waals surface area contributed by atoms with Gasteiger partial charge < -0.3 is 5.32 Å². The quantitative estimate of drug-likeness (QED) is 0.622. The highest BCUT2D eigenvalue weighted by atomic mass is 35.5. The molecule has 0 spiro atoms. The zero-order chi connectivity index (χ0) is 11.2. The number of halogens is 1. The number of hydrogen-bond donors (Lipinski definition) is 1. The van der Waals surface area contributed by atoms with Crippen LogP contribution in [0.15, 0.2) is 24.3 Å². The SMILES string of the molecule is Clc1ccc(CCNCC2CC=CCC2)s1. The minimum atomic E-state index is 0.844. The van der Waals surface area contributed by atoms with E-state index >= 15 is 0 Å². The monoisotopic (exact) mass is 255 g/mol. The maximum absolute atomic E-state index is 5.89. The van der Waals surface area contributed by atoms with Gasteiger partial charge in [0.2, 0.25) is 0 Å². The zero-order valence-corrected chi connectivity index (χ0v) is 11.0. The van der Waals surface area contributed by atoms with E-state index in [0.717, 1.165) is 29.8 Å². The summed E-state index contributed by atoms with van der Waals surface area (Å²) in [6.07, 6.45) is 9.55. The van der Waals surface area contributed by atoms with Gasteiger partial charge in [0.15, 0.2) is 0 Å². The summed E-state index contributed by atoms with van der Waals surface area (Å²) in [6.45, 7) is 2.22. The van der Waals surface area contributed by atoms with Crippen LogP contribution in [0.2, 0.25) is 4.34 Å². The lowest BCUT2D eigenvalue weighted by molar-refractivity contribution is 0.443. The van der Waals surface area contributed by atoms with E-state index in [4.69, 9.17) is 11.6 Å². The fourth-order valence-corrected chi connectivity index (χ4v) is 3.13. The molecule has 0 fully saturated rings. The van der Waals surface area contributed by atoms with E-state index in [-0.39, 0.29) is 0 Å². The van der Waals surface area contributed by atoms with Gasteiger partial charge in [0.05, 0.1) is 4.34 Å². The number of thiophene rings is 1. The van der Waals surface area contributed by atoms with Crippen LogP contribution in [0.1, 0.15) is 24.1 Å². The highest BCUT2D eigenvalue weighted by Crippen LogP contribution is 2.21. The van der Waals surface area contributed by atoms with Gasteiger partial charge in [-0.2, -0.15) is 0 Å². The molecule has 0 bridgehead atoms. The summed E-state index contributed by atoms with van der Waals surface area (Å²) >= 11 is 7.57. The Morgan fingerprint density at radius 3 is 3.00 bits per heavy atom. The Hall–Kier alpha value is -0.310. The van der Waals surface area contributed by atoms with E-state index in [1.54, 1.807) is 11.3 Å². The van der Waals surface area contributed by atoms with E-state index in [0.29, 0.717) is 0 Å². The summed E-state index contributed by atoms with van der Waals surface area (Å²) in [5, 5.41) is 3.54. The Morgan fingerprint density at radius 2 is 2.31 bits per heavy atom. The van der Waals surface area contributed by atoms with E-state index in [9.17, 15) is 0 Å². The standard InChI is InChI=1S/C13H18ClNS/c14-13-7-6-12(16-13)8-9-15-10-11-4-2-1-3-5-11/h1-2,6-7,11,15H,3-5,8-10H2. The number of allylic oxidation sites excluding steroid dienone is 2.